The maximum atomic E-state index is 5.75. The lowest BCUT2D eigenvalue weighted by Gasteiger charge is -1.95. The van der Waals surface area contributed by atoms with Crippen molar-refractivity contribution in [3.63, 3.8) is 0 Å². The molecule has 0 fully saturated rings. The van der Waals surface area contributed by atoms with Gasteiger partial charge in [-0.25, -0.2) is 0 Å². The molecule has 80 valence electrons. The van der Waals surface area contributed by atoms with E-state index in [1.165, 1.54) is 31.1 Å². The lowest BCUT2D eigenvalue weighted by molar-refractivity contribution is 0.527. The van der Waals surface area contributed by atoms with Crippen LogP contribution in [0.4, 0.5) is 0 Å². The van der Waals surface area contributed by atoms with Gasteiger partial charge in [-0.2, -0.15) is 0 Å². The van der Waals surface area contributed by atoms with Crippen LogP contribution in [0.25, 0.3) is 11.0 Å². The minimum atomic E-state index is 1.02. The quantitative estimate of drug-likeness (QED) is 0.648. The zero-order valence-electron chi connectivity index (χ0n) is 9.33. The Labute approximate surface area is 91.1 Å². The number of fused-ring (bicyclic) bond motifs is 1. The summed E-state index contributed by atoms with van der Waals surface area (Å²) in [5.74, 6) is 1.13. The van der Waals surface area contributed by atoms with E-state index in [1.54, 1.807) is 0 Å². The Kier molecular flexibility index (Phi) is 3.44. The largest absolute Gasteiger partial charge is 0.461 e. The standard InChI is InChI=1S/C14H18O/c1-2-3-4-5-9-13-11-12-8-6-7-10-14(12)15-13/h6-8,10-11H,2-5,9H2,1H3. The molecule has 0 N–H and O–H groups in total. The molecule has 0 aliphatic heterocycles. The number of para-hydroxylation sites is 1. The Balaban J connectivity index is 1.97. The second kappa shape index (κ2) is 5.01. The summed E-state index contributed by atoms with van der Waals surface area (Å²) in [6.07, 6.45) is 6.26. The molecular formula is C14H18O. The van der Waals surface area contributed by atoms with Crippen LogP contribution in [0.15, 0.2) is 34.7 Å². The highest BCUT2D eigenvalue weighted by Gasteiger charge is 2.01. The van der Waals surface area contributed by atoms with E-state index in [0.717, 1.165) is 17.8 Å². The Hall–Kier alpha value is -1.24. The number of furan rings is 1. The zero-order valence-corrected chi connectivity index (χ0v) is 9.33. The van der Waals surface area contributed by atoms with Gasteiger partial charge in [0.25, 0.3) is 0 Å². The maximum Gasteiger partial charge on any atom is 0.134 e. The number of rotatable bonds is 5. The van der Waals surface area contributed by atoms with E-state index in [-0.39, 0.29) is 0 Å². The van der Waals surface area contributed by atoms with Crippen molar-refractivity contribution in [3.8, 4) is 0 Å². The number of hydrogen-bond donors (Lipinski definition) is 0. The minimum Gasteiger partial charge on any atom is -0.461 e. The average molecular weight is 202 g/mol. The Morgan fingerprint density at radius 1 is 1.07 bits per heavy atom. The fraction of sp³-hybridized carbons (Fsp3) is 0.429. The van der Waals surface area contributed by atoms with Crippen LogP contribution in [0.1, 0.15) is 38.4 Å². The van der Waals surface area contributed by atoms with E-state index in [4.69, 9.17) is 4.42 Å². The maximum absolute atomic E-state index is 5.75. The van der Waals surface area contributed by atoms with Crippen molar-refractivity contribution in [2.75, 3.05) is 0 Å². The first-order chi connectivity index (χ1) is 7.40. The van der Waals surface area contributed by atoms with Crippen molar-refractivity contribution in [2.24, 2.45) is 0 Å². The molecule has 1 nitrogen and oxygen atoms in total. The van der Waals surface area contributed by atoms with Crippen molar-refractivity contribution in [3.05, 3.63) is 36.1 Å². The van der Waals surface area contributed by atoms with Crippen molar-refractivity contribution in [2.45, 2.75) is 39.0 Å². The Morgan fingerprint density at radius 2 is 1.93 bits per heavy atom. The van der Waals surface area contributed by atoms with Gasteiger partial charge < -0.3 is 4.42 Å². The second-order valence-corrected chi connectivity index (χ2v) is 4.06. The summed E-state index contributed by atoms with van der Waals surface area (Å²) < 4.78 is 5.75. The van der Waals surface area contributed by atoms with Crippen molar-refractivity contribution in [1.82, 2.24) is 0 Å². The first-order valence-electron chi connectivity index (χ1n) is 5.87. The molecule has 0 amide bonds. The van der Waals surface area contributed by atoms with Gasteiger partial charge in [0, 0.05) is 11.8 Å². The molecule has 0 atom stereocenters. The van der Waals surface area contributed by atoms with Crippen molar-refractivity contribution in [1.29, 1.82) is 0 Å². The van der Waals surface area contributed by atoms with Crippen LogP contribution >= 0.6 is 0 Å². The smallest absolute Gasteiger partial charge is 0.134 e. The molecule has 2 rings (SSSR count). The van der Waals surface area contributed by atoms with E-state index in [2.05, 4.69) is 25.1 Å². The first-order valence-corrected chi connectivity index (χ1v) is 5.87. The molecule has 0 aliphatic rings. The fourth-order valence-corrected chi connectivity index (χ4v) is 1.89. The molecule has 1 aromatic carbocycles. The van der Waals surface area contributed by atoms with Crippen molar-refractivity contribution < 1.29 is 4.42 Å². The zero-order chi connectivity index (χ0) is 10.5. The van der Waals surface area contributed by atoms with Crippen LogP contribution in [0, 0.1) is 0 Å². The van der Waals surface area contributed by atoms with Gasteiger partial charge >= 0.3 is 0 Å². The number of hydrogen-bond acceptors (Lipinski definition) is 1. The Bertz CT molecular complexity index is 381. The normalized spacial score (nSPS) is 11.0. The highest BCUT2D eigenvalue weighted by molar-refractivity contribution is 5.77. The molecule has 0 spiro atoms. The highest BCUT2D eigenvalue weighted by Crippen LogP contribution is 2.20. The van der Waals surface area contributed by atoms with E-state index < -0.39 is 0 Å². The third-order valence-corrected chi connectivity index (χ3v) is 2.75. The van der Waals surface area contributed by atoms with Gasteiger partial charge in [0.2, 0.25) is 0 Å². The lowest BCUT2D eigenvalue weighted by atomic mass is 10.1. The van der Waals surface area contributed by atoms with Gasteiger partial charge in [-0.3, -0.25) is 0 Å². The van der Waals surface area contributed by atoms with E-state index in [1.807, 2.05) is 12.1 Å². The highest BCUT2D eigenvalue weighted by atomic mass is 16.3. The van der Waals surface area contributed by atoms with Gasteiger partial charge in [0.15, 0.2) is 0 Å². The van der Waals surface area contributed by atoms with E-state index in [0.29, 0.717) is 0 Å². The summed E-state index contributed by atoms with van der Waals surface area (Å²) in [6, 6.07) is 10.4. The summed E-state index contributed by atoms with van der Waals surface area (Å²) in [7, 11) is 0. The molecular weight excluding hydrogens is 184 g/mol. The predicted octanol–water partition coefficient (Wildman–Crippen LogP) is 4.56. The molecule has 0 unspecified atom stereocenters. The van der Waals surface area contributed by atoms with Crippen LogP contribution in [-0.4, -0.2) is 0 Å². The van der Waals surface area contributed by atoms with Gasteiger partial charge in [-0.1, -0.05) is 44.4 Å². The summed E-state index contributed by atoms with van der Waals surface area (Å²) in [5.41, 5.74) is 1.02. The summed E-state index contributed by atoms with van der Waals surface area (Å²) in [4.78, 5) is 0. The van der Waals surface area contributed by atoms with E-state index in [9.17, 15) is 0 Å². The fourth-order valence-electron chi connectivity index (χ4n) is 1.89. The summed E-state index contributed by atoms with van der Waals surface area (Å²) in [6.45, 7) is 2.24. The number of benzene rings is 1. The first kappa shape index (κ1) is 10.3. The van der Waals surface area contributed by atoms with E-state index >= 15 is 0 Å². The summed E-state index contributed by atoms with van der Waals surface area (Å²) in [5, 5.41) is 1.22. The van der Waals surface area contributed by atoms with Gasteiger partial charge in [-0.15, -0.1) is 0 Å². The molecule has 0 saturated heterocycles. The molecule has 0 bridgehead atoms. The van der Waals surface area contributed by atoms with Crippen LogP contribution in [0.2, 0.25) is 0 Å². The minimum absolute atomic E-state index is 1.02. The molecule has 1 heterocycles. The second-order valence-electron chi connectivity index (χ2n) is 4.06. The third-order valence-electron chi connectivity index (χ3n) is 2.75. The van der Waals surface area contributed by atoms with Crippen LogP contribution in [0.5, 0.6) is 0 Å². The molecule has 0 saturated carbocycles. The van der Waals surface area contributed by atoms with Gasteiger partial charge in [0.1, 0.15) is 11.3 Å². The monoisotopic (exact) mass is 202 g/mol. The average Bonchev–Trinajstić information content (AvgIpc) is 2.67. The van der Waals surface area contributed by atoms with Gasteiger partial charge in [0.05, 0.1) is 0 Å². The SMILES string of the molecule is CCCCCCc1cc2ccccc2o1. The Morgan fingerprint density at radius 3 is 2.73 bits per heavy atom. The molecule has 1 aromatic heterocycles. The lowest BCUT2D eigenvalue weighted by Crippen LogP contribution is -1.81. The van der Waals surface area contributed by atoms with Crippen molar-refractivity contribution >= 4 is 11.0 Å². The third kappa shape index (κ3) is 2.62. The molecule has 0 radical (unpaired) electrons. The predicted molar refractivity (Wildman–Crippen MR) is 64.1 cm³/mol. The molecule has 1 heteroatoms. The topological polar surface area (TPSA) is 13.1 Å². The van der Waals surface area contributed by atoms with Crippen LogP contribution < -0.4 is 0 Å². The van der Waals surface area contributed by atoms with Crippen LogP contribution in [-0.2, 0) is 6.42 Å². The molecule has 15 heavy (non-hydrogen) atoms. The molecule has 0 aliphatic carbocycles. The number of unbranched alkanes of at least 4 members (excludes halogenated alkanes) is 3. The molecule has 2 aromatic rings. The van der Waals surface area contributed by atoms with Gasteiger partial charge in [-0.05, 0) is 18.6 Å². The summed E-state index contributed by atoms with van der Waals surface area (Å²) >= 11 is 0. The number of aryl methyl sites for hydroxylation is 1. The van der Waals surface area contributed by atoms with Crippen LogP contribution in [0.3, 0.4) is 0 Å².